The van der Waals surface area contributed by atoms with Crippen molar-refractivity contribution in [1.29, 1.82) is 0 Å². The molecule has 238 valence electrons. The highest BCUT2D eigenvalue weighted by Crippen LogP contribution is 2.38. The molecule has 1 N–H and O–H groups in total. The molecule has 3 aromatic rings. The van der Waals surface area contributed by atoms with E-state index in [1.54, 1.807) is 18.7 Å². The topological polar surface area (TPSA) is 93.2 Å². The van der Waals surface area contributed by atoms with Crippen molar-refractivity contribution in [2.24, 2.45) is 30.7 Å². The molecule has 45 heavy (non-hydrogen) atoms. The summed E-state index contributed by atoms with van der Waals surface area (Å²) in [5.74, 6) is -0.915. The molecule has 2 aromatic heterocycles. The van der Waals surface area contributed by atoms with E-state index in [4.69, 9.17) is 0 Å². The zero-order chi connectivity index (χ0) is 31.7. The van der Waals surface area contributed by atoms with Gasteiger partial charge in [-0.15, -0.1) is 5.10 Å². The lowest BCUT2D eigenvalue weighted by Gasteiger charge is -2.36. The van der Waals surface area contributed by atoms with Gasteiger partial charge in [-0.25, -0.2) is 0 Å². The number of aromatic nitrogens is 4. The second-order valence-corrected chi connectivity index (χ2v) is 13.4. The summed E-state index contributed by atoms with van der Waals surface area (Å²) in [6, 6.07) is 8.73. The number of hydrogen-bond donors (Lipinski definition) is 1. The third kappa shape index (κ3) is 6.97. The average molecular weight is 614 g/mol. The number of allylic oxidation sites excluding steroid dienone is 2. The molecule has 2 heterocycles. The third-order valence-corrected chi connectivity index (χ3v) is 10.3. The predicted octanol–water partition coefficient (Wildman–Crippen LogP) is 7.37. The molecular weight excluding hydrogens is 569 g/mol. The van der Waals surface area contributed by atoms with Crippen molar-refractivity contribution in [3.8, 4) is 11.1 Å². The largest absolute Gasteiger partial charge is 0.481 e. The van der Waals surface area contributed by atoms with E-state index < -0.39 is 11.9 Å². The Labute approximate surface area is 264 Å². The van der Waals surface area contributed by atoms with Crippen molar-refractivity contribution in [3.05, 3.63) is 72.1 Å². The maximum atomic E-state index is 14.2. The van der Waals surface area contributed by atoms with Crippen molar-refractivity contribution in [2.75, 3.05) is 11.4 Å². The molecule has 0 radical (unpaired) electrons. The number of carbonyl (C=O) groups excluding carboxylic acids is 1. The van der Waals surface area contributed by atoms with Gasteiger partial charge in [-0.2, -0.15) is 9.49 Å². The summed E-state index contributed by atoms with van der Waals surface area (Å²) in [4.78, 5) is 27.7. The number of rotatable bonds is 10. The Bertz CT molecular complexity index is 1590. The van der Waals surface area contributed by atoms with E-state index in [-0.39, 0.29) is 17.7 Å². The SMILES string of the molecule is C=C(/C=C\c1c(C)c(F)nn1C)C1CCC(CN(C(=O)C2CCC(C(=O)O)CC2)c2cccc(-c3cnn(C4CC4)c3)c2)CC1. The first kappa shape index (κ1) is 31.0. The van der Waals surface area contributed by atoms with Gasteiger partial charge in [0.1, 0.15) is 0 Å². The number of aryl methyl sites for hydroxylation is 1. The van der Waals surface area contributed by atoms with E-state index in [9.17, 15) is 19.1 Å². The van der Waals surface area contributed by atoms with Crippen LogP contribution in [-0.4, -0.2) is 43.1 Å². The molecule has 0 unspecified atom stereocenters. The first-order chi connectivity index (χ1) is 21.7. The molecule has 8 nitrogen and oxygen atoms in total. The van der Waals surface area contributed by atoms with Crippen LogP contribution in [0.2, 0.25) is 0 Å². The second-order valence-electron chi connectivity index (χ2n) is 13.4. The molecule has 0 atom stereocenters. The number of nitrogens with zero attached hydrogens (tertiary/aromatic N) is 5. The molecule has 0 bridgehead atoms. The first-order valence-corrected chi connectivity index (χ1v) is 16.4. The van der Waals surface area contributed by atoms with Crippen LogP contribution in [0.1, 0.15) is 81.5 Å². The van der Waals surface area contributed by atoms with Gasteiger partial charge in [-0.3, -0.25) is 19.0 Å². The van der Waals surface area contributed by atoms with Gasteiger partial charge in [-0.1, -0.05) is 30.4 Å². The van der Waals surface area contributed by atoms with Gasteiger partial charge in [0.25, 0.3) is 0 Å². The molecule has 0 saturated heterocycles. The molecule has 3 aliphatic carbocycles. The molecule has 3 aliphatic rings. The Morgan fingerprint density at radius 2 is 1.71 bits per heavy atom. The maximum absolute atomic E-state index is 14.2. The highest BCUT2D eigenvalue weighted by molar-refractivity contribution is 5.96. The average Bonchev–Trinajstić information content (AvgIpc) is 3.73. The van der Waals surface area contributed by atoms with Crippen LogP contribution in [0, 0.1) is 36.5 Å². The van der Waals surface area contributed by atoms with Crippen molar-refractivity contribution >= 4 is 23.6 Å². The van der Waals surface area contributed by atoms with Gasteiger partial charge in [-0.05, 0) is 107 Å². The Kier molecular flexibility index (Phi) is 9.06. The summed E-state index contributed by atoms with van der Waals surface area (Å²) < 4.78 is 17.5. The lowest BCUT2D eigenvalue weighted by molar-refractivity contribution is -0.144. The van der Waals surface area contributed by atoms with Crippen LogP contribution in [0.15, 0.2) is 54.9 Å². The summed E-state index contributed by atoms with van der Waals surface area (Å²) in [5, 5.41) is 17.9. The quantitative estimate of drug-likeness (QED) is 0.241. The highest BCUT2D eigenvalue weighted by atomic mass is 19.1. The first-order valence-electron chi connectivity index (χ1n) is 16.4. The van der Waals surface area contributed by atoms with Gasteiger partial charge in [0, 0.05) is 42.5 Å². The van der Waals surface area contributed by atoms with E-state index in [0.717, 1.165) is 53.8 Å². The molecule has 0 spiro atoms. The molecule has 9 heteroatoms. The van der Waals surface area contributed by atoms with Crippen molar-refractivity contribution in [3.63, 3.8) is 0 Å². The fourth-order valence-electron chi connectivity index (χ4n) is 7.15. The minimum absolute atomic E-state index is 0.109. The number of anilines is 1. The number of carbonyl (C=O) groups is 2. The summed E-state index contributed by atoms with van der Waals surface area (Å²) in [5.41, 5.74) is 5.31. The number of amides is 1. The molecule has 0 aliphatic heterocycles. The Morgan fingerprint density at radius 1 is 1.02 bits per heavy atom. The summed E-state index contributed by atoms with van der Waals surface area (Å²) in [6.45, 7) is 6.71. The zero-order valence-electron chi connectivity index (χ0n) is 26.4. The van der Waals surface area contributed by atoms with Crippen LogP contribution in [0.25, 0.3) is 17.2 Å². The van der Waals surface area contributed by atoms with E-state index in [1.165, 1.54) is 12.8 Å². The standard InChI is InChI=1S/C36H44FN5O3/c1-23(7-18-33-24(2)34(37)39-40(33)3)26-10-8-25(9-11-26)21-41(35(43)27-12-14-28(15-13-27)36(44)45)32-6-4-5-29(19-32)30-20-38-42(22-30)31-16-17-31/h4-7,18-20,22,25-28,31H,1,8-17,21H2,2-3H3,(H,44,45)/b18-7-. The van der Waals surface area contributed by atoms with Crippen molar-refractivity contribution in [1.82, 2.24) is 19.6 Å². The van der Waals surface area contributed by atoms with Gasteiger partial charge in [0.15, 0.2) is 0 Å². The molecule has 1 amide bonds. The fourth-order valence-corrected chi connectivity index (χ4v) is 7.15. The highest BCUT2D eigenvalue weighted by Gasteiger charge is 2.34. The van der Waals surface area contributed by atoms with Crippen LogP contribution in [-0.2, 0) is 16.6 Å². The van der Waals surface area contributed by atoms with Crippen LogP contribution < -0.4 is 4.90 Å². The lowest BCUT2D eigenvalue weighted by atomic mass is 9.78. The summed E-state index contributed by atoms with van der Waals surface area (Å²) in [6.07, 6.45) is 16.5. The van der Waals surface area contributed by atoms with Gasteiger partial charge < -0.3 is 10.0 Å². The van der Waals surface area contributed by atoms with E-state index >= 15 is 0 Å². The molecule has 3 saturated carbocycles. The molecule has 3 fully saturated rings. The minimum Gasteiger partial charge on any atom is -0.481 e. The lowest BCUT2D eigenvalue weighted by Crippen LogP contribution is -2.42. The van der Waals surface area contributed by atoms with Crippen molar-refractivity contribution < 1.29 is 19.1 Å². The molecule has 6 rings (SSSR count). The molecular formula is C36H44FN5O3. The number of carboxylic acids is 1. The number of benzene rings is 1. The smallest absolute Gasteiger partial charge is 0.306 e. The van der Waals surface area contributed by atoms with E-state index in [1.807, 2.05) is 40.1 Å². The minimum atomic E-state index is -0.756. The van der Waals surface area contributed by atoms with Gasteiger partial charge in [0.2, 0.25) is 11.9 Å². The van der Waals surface area contributed by atoms with Crippen molar-refractivity contribution in [2.45, 2.75) is 77.2 Å². The number of carboxylic acid groups (broad SMARTS) is 1. The van der Waals surface area contributed by atoms with E-state index in [2.05, 4.69) is 35.1 Å². The molecule has 1 aromatic carbocycles. The summed E-state index contributed by atoms with van der Waals surface area (Å²) >= 11 is 0. The second kappa shape index (κ2) is 13.2. The van der Waals surface area contributed by atoms with Crippen LogP contribution in [0.3, 0.4) is 0 Å². The van der Waals surface area contributed by atoms with Crippen LogP contribution >= 0.6 is 0 Å². The third-order valence-electron chi connectivity index (χ3n) is 10.3. The fraction of sp³-hybridized carbons (Fsp3) is 0.500. The number of aliphatic carboxylic acids is 1. The van der Waals surface area contributed by atoms with E-state index in [0.29, 0.717) is 55.7 Å². The maximum Gasteiger partial charge on any atom is 0.306 e. The number of hydrogen-bond acceptors (Lipinski definition) is 4. The predicted molar refractivity (Wildman–Crippen MR) is 173 cm³/mol. The van der Waals surface area contributed by atoms with Crippen LogP contribution in [0.5, 0.6) is 0 Å². The monoisotopic (exact) mass is 613 g/mol. The van der Waals surface area contributed by atoms with Gasteiger partial charge >= 0.3 is 5.97 Å². The van der Waals surface area contributed by atoms with Gasteiger partial charge in [0.05, 0.1) is 23.9 Å². The van der Waals surface area contributed by atoms with Crippen LogP contribution in [0.4, 0.5) is 10.1 Å². The number of halogens is 1. The Morgan fingerprint density at radius 3 is 2.36 bits per heavy atom. The Hall–Kier alpha value is -4.01. The zero-order valence-corrected chi connectivity index (χ0v) is 26.4. The Balaban J connectivity index is 1.15. The summed E-state index contributed by atoms with van der Waals surface area (Å²) in [7, 11) is 1.74. The normalized spacial score (nSPS) is 23.7.